The van der Waals surface area contributed by atoms with Crippen LogP contribution in [-0.4, -0.2) is 0 Å². The first-order valence-electron chi connectivity index (χ1n) is 0. The second-order valence-electron chi connectivity index (χ2n) is 0. The van der Waals surface area contributed by atoms with Gasteiger partial charge >= 0.3 is 70.4 Å². The fourth-order valence-corrected chi connectivity index (χ4v) is 0. The smallest absolute Gasteiger partial charge is 1.00 e. The summed E-state index contributed by atoms with van der Waals surface area (Å²) in [6.07, 6.45) is 0. The maximum absolute atomic E-state index is 0. The van der Waals surface area contributed by atoms with Crippen LogP contribution in [0.15, 0.2) is 0 Å². The van der Waals surface area contributed by atoms with Crippen LogP contribution in [0.4, 0.5) is 0 Å². The Hall–Kier alpha value is 4.10. The normalized spacial score (nSPS) is 0. The molecule has 0 aliphatic rings. The van der Waals surface area contributed by atoms with Crippen LogP contribution < -0.4 is 74.4 Å². The van der Waals surface area contributed by atoms with E-state index < -0.39 is 0 Å². The Morgan fingerprint density at radius 2 is 0.375 bits per heavy atom. The van der Waals surface area contributed by atoms with Gasteiger partial charge in [0.05, 0.1) is 0 Å². The molecular weight excluding hydrogens is 467 g/mol. The zero-order valence-electron chi connectivity index (χ0n) is 3.15. The summed E-state index contributed by atoms with van der Waals surface area (Å²) in [4.78, 5) is 0. The van der Waals surface area contributed by atoms with Gasteiger partial charge in [-0.15, -0.1) is 0 Å². The van der Waals surface area contributed by atoms with E-state index in [1.165, 1.54) is 0 Å². The SMILES string of the molecule is [Cl-].[Cl-].[Cl-].[Cl-].[Cl-].[Cl-].[Ho+3].[Y+3]. The molecule has 0 saturated carbocycles. The molecule has 0 bridgehead atoms. The number of hydrogen-bond acceptors (Lipinski definition) is 0. The van der Waals surface area contributed by atoms with Crippen LogP contribution in [0.25, 0.3) is 0 Å². The Morgan fingerprint density at radius 3 is 0.375 bits per heavy atom. The van der Waals surface area contributed by atoms with E-state index >= 15 is 0 Å². The predicted molar refractivity (Wildman–Crippen MR) is 0 cm³/mol. The van der Waals surface area contributed by atoms with Gasteiger partial charge in [-0.3, -0.25) is 0 Å². The van der Waals surface area contributed by atoms with Crippen molar-refractivity contribution in [1.82, 2.24) is 0 Å². The van der Waals surface area contributed by atoms with Gasteiger partial charge in [0.2, 0.25) is 0 Å². The summed E-state index contributed by atoms with van der Waals surface area (Å²) in [6.45, 7) is 0. The summed E-state index contributed by atoms with van der Waals surface area (Å²) >= 11 is 0. The van der Waals surface area contributed by atoms with Crippen LogP contribution in [0.5, 0.6) is 0 Å². The first-order chi connectivity index (χ1) is 0. The molecule has 0 unspecified atom stereocenters. The largest absolute Gasteiger partial charge is 3.00 e. The summed E-state index contributed by atoms with van der Waals surface area (Å²) < 4.78 is 0. The summed E-state index contributed by atoms with van der Waals surface area (Å²) in [5.41, 5.74) is 0. The van der Waals surface area contributed by atoms with Gasteiger partial charge in [-0.2, -0.15) is 0 Å². The Kier molecular flexibility index (Phi) is 746. The second-order valence-corrected chi connectivity index (χ2v) is 0. The molecule has 0 N–H and O–H groups in total. The molecule has 0 nitrogen and oxygen atoms in total. The molecule has 0 amide bonds. The van der Waals surface area contributed by atoms with Gasteiger partial charge in [0.1, 0.15) is 0 Å². The molecular formula is Cl6HoY. The first-order valence-corrected chi connectivity index (χ1v) is 0. The van der Waals surface area contributed by atoms with Crippen molar-refractivity contribution in [2.24, 2.45) is 0 Å². The average molecular weight is 467 g/mol. The van der Waals surface area contributed by atoms with Gasteiger partial charge in [0, 0.05) is 0 Å². The minimum atomic E-state index is 0. The number of hydrogen-bond donors (Lipinski definition) is 0. The van der Waals surface area contributed by atoms with Crippen LogP contribution in [0.2, 0.25) is 0 Å². The van der Waals surface area contributed by atoms with Gasteiger partial charge in [-0.25, -0.2) is 0 Å². The van der Waals surface area contributed by atoms with Crippen molar-refractivity contribution >= 4 is 0 Å². The van der Waals surface area contributed by atoms with Crippen molar-refractivity contribution < 1.29 is 145 Å². The molecule has 0 saturated heterocycles. The molecule has 0 rings (SSSR count). The van der Waals surface area contributed by atoms with Gasteiger partial charge < -0.3 is 74.4 Å². The first kappa shape index (κ1) is 88.6. The molecule has 56 valence electrons. The molecule has 0 spiro atoms. The van der Waals surface area contributed by atoms with E-state index in [0.29, 0.717) is 0 Å². The summed E-state index contributed by atoms with van der Waals surface area (Å²) in [5.74, 6) is 0. The monoisotopic (exact) mass is 464 g/mol. The van der Waals surface area contributed by atoms with Crippen LogP contribution in [0.3, 0.4) is 0 Å². The summed E-state index contributed by atoms with van der Waals surface area (Å²) in [5, 5.41) is 0. The third-order valence-electron chi connectivity index (χ3n) is 0. The zero-order valence-corrected chi connectivity index (χ0v) is 12.5. The molecule has 8 heteroatoms. The van der Waals surface area contributed by atoms with E-state index in [1.54, 1.807) is 0 Å². The van der Waals surface area contributed by atoms with Crippen LogP contribution in [0.1, 0.15) is 0 Å². The quantitative estimate of drug-likeness (QED) is 0.311. The molecule has 8 heavy (non-hydrogen) atoms. The van der Waals surface area contributed by atoms with Crippen LogP contribution in [-0.2, 0) is 32.7 Å². The molecule has 0 aliphatic carbocycles. The van der Waals surface area contributed by atoms with E-state index in [-0.39, 0.29) is 145 Å². The van der Waals surface area contributed by atoms with Crippen LogP contribution >= 0.6 is 0 Å². The maximum Gasteiger partial charge on any atom is 3.00 e. The van der Waals surface area contributed by atoms with E-state index in [2.05, 4.69) is 0 Å². The van der Waals surface area contributed by atoms with Crippen molar-refractivity contribution in [2.75, 3.05) is 0 Å². The Morgan fingerprint density at radius 1 is 0.375 bits per heavy atom. The Bertz CT molecular complexity index is 8.49. The van der Waals surface area contributed by atoms with Gasteiger partial charge in [-0.1, -0.05) is 0 Å². The minimum absolute atomic E-state index is 0. The fraction of sp³-hybridized carbons (Fsp3) is 0. The van der Waals surface area contributed by atoms with Crippen molar-refractivity contribution in [3.63, 3.8) is 0 Å². The van der Waals surface area contributed by atoms with E-state index in [1.807, 2.05) is 0 Å². The topological polar surface area (TPSA) is 0 Å². The number of halogens is 6. The molecule has 0 heterocycles. The molecule has 0 aromatic carbocycles. The van der Waals surface area contributed by atoms with Crippen molar-refractivity contribution in [3.05, 3.63) is 0 Å². The Balaban J connectivity index is 0. The predicted octanol–water partition coefficient (Wildman–Crippen LogP) is -18.0. The zero-order chi connectivity index (χ0) is 0. The van der Waals surface area contributed by atoms with Gasteiger partial charge in [-0.05, 0) is 0 Å². The molecule has 0 aromatic heterocycles. The van der Waals surface area contributed by atoms with E-state index in [4.69, 9.17) is 0 Å². The molecule has 0 aliphatic heterocycles. The van der Waals surface area contributed by atoms with Crippen molar-refractivity contribution in [1.29, 1.82) is 0 Å². The summed E-state index contributed by atoms with van der Waals surface area (Å²) in [6, 6.07) is 0. The second kappa shape index (κ2) is 67.3. The molecule has 0 atom stereocenters. The maximum atomic E-state index is 0. The fourth-order valence-electron chi connectivity index (χ4n) is 0. The molecule has 0 fully saturated rings. The number of rotatable bonds is 0. The van der Waals surface area contributed by atoms with Crippen molar-refractivity contribution in [3.8, 4) is 0 Å². The minimum Gasteiger partial charge on any atom is -1.00 e. The van der Waals surface area contributed by atoms with Crippen LogP contribution in [0, 0.1) is 37.7 Å². The summed E-state index contributed by atoms with van der Waals surface area (Å²) in [7, 11) is 0. The third kappa shape index (κ3) is 49.7. The molecule has 0 aromatic rings. The van der Waals surface area contributed by atoms with Gasteiger partial charge in [0.25, 0.3) is 0 Å². The van der Waals surface area contributed by atoms with Crippen molar-refractivity contribution in [2.45, 2.75) is 0 Å². The van der Waals surface area contributed by atoms with E-state index in [0.717, 1.165) is 0 Å². The third-order valence-corrected chi connectivity index (χ3v) is 0. The van der Waals surface area contributed by atoms with Gasteiger partial charge in [0.15, 0.2) is 0 Å². The Labute approximate surface area is 142 Å². The van der Waals surface area contributed by atoms with E-state index in [9.17, 15) is 0 Å². The molecule has 0 radical (unpaired) electrons. The average Bonchev–Trinajstić information content (AvgIpc) is 0. The standard InChI is InChI=1S/6ClH.Ho.Y/h6*1H;;/q;;;;;;2*+3/p-6.